The molecule has 8 heteroatoms. The van der Waals surface area contributed by atoms with Gasteiger partial charge in [-0.05, 0) is 49.8 Å². The molecule has 2 heterocycles. The number of nitrogens with one attached hydrogen (secondary N) is 2. The second-order valence-electron chi connectivity index (χ2n) is 7.31. The van der Waals surface area contributed by atoms with Crippen LogP contribution < -0.4 is 10.6 Å². The highest BCUT2D eigenvalue weighted by molar-refractivity contribution is 7.17. The van der Waals surface area contributed by atoms with Gasteiger partial charge in [-0.3, -0.25) is 14.4 Å². The Morgan fingerprint density at radius 1 is 1.17 bits per heavy atom. The molecule has 29 heavy (non-hydrogen) atoms. The summed E-state index contributed by atoms with van der Waals surface area (Å²) in [6, 6.07) is 3.54. The Morgan fingerprint density at radius 3 is 2.69 bits per heavy atom. The van der Waals surface area contributed by atoms with E-state index in [0.717, 1.165) is 29.7 Å². The molecule has 0 aliphatic heterocycles. The molecule has 7 nitrogen and oxygen atoms in total. The number of carbonyl (C=O) groups excluding carboxylic acids is 2. The van der Waals surface area contributed by atoms with Gasteiger partial charge in [0.15, 0.2) is 0 Å². The number of allylic oxidation sites excluding steroid dienone is 2. The normalized spacial score (nSPS) is 20.3. The number of anilines is 1. The van der Waals surface area contributed by atoms with Crippen LogP contribution >= 0.6 is 11.3 Å². The number of aliphatic carboxylic acids is 1. The summed E-state index contributed by atoms with van der Waals surface area (Å²) in [4.78, 5) is 38.4. The van der Waals surface area contributed by atoms with Crippen molar-refractivity contribution in [2.24, 2.45) is 11.8 Å². The van der Waals surface area contributed by atoms with Crippen molar-refractivity contribution in [3.05, 3.63) is 52.3 Å². The minimum atomic E-state index is -0.973. The maximum atomic E-state index is 12.9. The lowest BCUT2D eigenvalue weighted by molar-refractivity contribution is -0.146. The molecule has 0 saturated carbocycles. The predicted octanol–water partition coefficient (Wildman–Crippen LogP) is 3.37. The Hall–Kier alpha value is -2.87. The van der Waals surface area contributed by atoms with Crippen molar-refractivity contribution in [2.45, 2.75) is 38.6 Å². The lowest BCUT2D eigenvalue weighted by atomic mass is 9.82. The molecule has 2 amide bonds. The topological polar surface area (TPSA) is 109 Å². The second-order valence-corrected chi connectivity index (χ2v) is 8.41. The maximum absolute atomic E-state index is 12.9. The van der Waals surface area contributed by atoms with E-state index in [4.69, 9.17) is 4.42 Å². The predicted molar refractivity (Wildman–Crippen MR) is 108 cm³/mol. The quantitative estimate of drug-likeness (QED) is 0.628. The van der Waals surface area contributed by atoms with E-state index in [1.165, 1.54) is 11.3 Å². The fourth-order valence-electron chi connectivity index (χ4n) is 3.98. The third kappa shape index (κ3) is 3.98. The summed E-state index contributed by atoms with van der Waals surface area (Å²) in [7, 11) is 0. The van der Waals surface area contributed by atoms with Crippen molar-refractivity contribution >= 4 is 34.1 Å². The number of rotatable bonds is 6. The van der Waals surface area contributed by atoms with E-state index in [9.17, 15) is 19.5 Å². The van der Waals surface area contributed by atoms with Gasteiger partial charge in [0.25, 0.3) is 5.91 Å². The number of amides is 2. The molecule has 0 radical (unpaired) electrons. The van der Waals surface area contributed by atoms with Gasteiger partial charge in [-0.1, -0.05) is 12.2 Å². The van der Waals surface area contributed by atoms with E-state index in [1.54, 1.807) is 24.5 Å². The molecule has 2 aliphatic carbocycles. The Bertz CT molecular complexity index is 960. The molecule has 2 aromatic rings. The van der Waals surface area contributed by atoms with Crippen LogP contribution in [-0.2, 0) is 29.0 Å². The SMILES string of the molecule is O=C(NCc1ccco1)c1c(NC(=O)[C@H]2CC=CC[C@@H]2C(=O)O)sc2c1CCC2. The molecular weight excluding hydrogens is 392 g/mol. The summed E-state index contributed by atoms with van der Waals surface area (Å²) in [5, 5.41) is 15.7. The average Bonchev–Trinajstić information content (AvgIpc) is 3.43. The zero-order chi connectivity index (χ0) is 20.4. The first kappa shape index (κ1) is 19.4. The summed E-state index contributed by atoms with van der Waals surface area (Å²) >= 11 is 1.42. The van der Waals surface area contributed by atoms with E-state index in [1.807, 2.05) is 6.08 Å². The molecule has 3 N–H and O–H groups in total. The molecule has 4 rings (SSSR count). The summed E-state index contributed by atoms with van der Waals surface area (Å²) in [5.41, 5.74) is 1.49. The molecular formula is C21H22N2O5S. The summed E-state index contributed by atoms with van der Waals surface area (Å²) in [6.07, 6.45) is 8.59. The first-order valence-corrected chi connectivity index (χ1v) is 10.5. The van der Waals surface area contributed by atoms with Crippen LogP contribution in [0.5, 0.6) is 0 Å². The van der Waals surface area contributed by atoms with Crippen LogP contribution in [0, 0.1) is 11.8 Å². The zero-order valence-corrected chi connectivity index (χ0v) is 16.6. The van der Waals surface area contributed by atoms with E-state index >= 15 is 0 Å². The molecule has 0 unspecified atom stereocenters. The van der Waals surface area contributed by atoms with E-state index in [2.05, 4.69) is 10.6 Å². The Morgan fingerprint density at radius 2 is 1.97 bits per heavy atom. The van der Waals surface area contributed by atoms with Gasteiger partial charge in [-0.25, -0.2) is 0 Å². The smallest absolute Gasteiger partial charge is 0.307 e. The molecule has 152 valence electrons. The number of hydrogen-bond acceptors (Lipinski definition) is 5. The van der Waals surface area contributed by atoms with Gasteiger partial charge >= 0.3 is 5.97 Å². The van der Waals surface area contributed by atoms with Crippen LogP contribution in [0.4, 0.5) is 5.00 Å². The van der Waals surface area contributed by atoms with Gasteiger partial charge in [0, 0.05) is 4.88 Å². The number of carbonyl (C=O) groups is 3. The van der Waals surface area contributed by atoms with Crippen molar-refractivity contribution in [1.82, 2.24) is 5.32 Å². The van der Waals surface area contributed by atoms with Crippen LogP contribution in [0.15, 0.2) is 35.0 Å². The molecule has 0 spiro atoms. The van der Waals surface area contributed by atoms with Gasteiger partial charge in [-0.2, -0.15) is 0 Å². The highest BCUT2D eigenvalue weighted by Gasteiger charge is 2.35. The molecule has 0 aromatic carbocycles. The van der Waals surface area contributed by atoms with Gasteiger partial charge in [0.1, 0.15) is 10.8 Å². The highest BCUT2D eigenvalue weighted by atomic mass is 32.1. The van der Waals surface area contributed by atoms with Crippen LogP contribution in [0.25, 0.3) is 0 Å². The maximum Gasteiger partial charge on any atom is 0.307 e. The van der Waals surface area contributed by atoms with E-state index in [-0.39, 0.29) is 18.4 Å². The first-order chi connectivity index (χ1) is 14.0. The third-order valence-corrected chi connectivity index (χ3v) is 6.68. The van der Waals surface area contributed by atoms with E-state index < -0.39 is 17.8 Å². The minimum Gasteiger partial charge on any atom is -0.481 e. The highest BCUT2D eigenvalue weighted by Crippen LogP contribution is 2.40. The fourth-order valence-corrected chi connectivity index (χ4v) is 5.27. The Kier molecular flexibility index (Phi) is 5.53. The average molecular weight is 414 g/mol. The zero-order valence-electron chi connectivity index (χ0n) is 15.8. The van der Waals surface area contributed by atoms with Gasteiger partial charge < -0.3 is 20.2 Å². The standard InChI is InChI=1S/C21H22N2O5S/c24-18(13-6-1-2-7-14(13)21(26)27)23-20-17(15-8-3-9-16(15)29-20)19(25)22-11-12-5-4-10-28-12/h1-2,4-5,10,13-14H,3,6-9,11H2,(H,22,25)(H,23,24)(H,26,27)/t13-,14-/m0/s1. The van der Waals surface area contributed by atoms with Crippen LogP contribution in [0.3, 0.4) is 0 Å². The van der Waals surface area contributed by atoms with E-state index in [0.29, 0.717) is 29.2 Å². The number of thiophene rings is 1. The molecule has 0 saturated heterocycles. The first-order valence-electron chi connectivity index (χ1n) is 9.68. The van der Waals surface area contributed by atoms with Crippen LogP contribution in [0.2, 0.25) is 0 Å². The molecule has 0 bridgehead atoms. The lowest BCUT2D eigenvalue weighted by Crippen LogP contribution is -2.35. The number of fused-ring (bicyclic) bond motifs is 1. The lowest BCUT2D eigenvalue weighted by Gasteiger charge is -2.24. The number of aryl methyl sites for hydroxylation is 1. The summed E-state index contributed by atoms with van der Waals surface area (Å²) in [5.74, 6) is -2.32. The van der Waals surface area contributed by atoms with Crippen LogP contribution in [-0.4, -0.2) is 22.9 Å². The van der Waals surface area contributed by atoms with Crippen molar-refractivity contribution in [1.29, 1.82) is 0 Å². The van der Waals surface area contributed by atoms with Crippen molar-refractivity contribution < 1.29 is 23.9 Å². The van der Waals surface area contributed by atoms with Gasteiger partial charge in [0.05, 0.1) is 30.2 Å². The number of furan rings is 1. The van der Waals surface area contributed by atoms with Crippen LogP contribution in [0.1, 0.15) is 45.8 Å². The molecule has 2 aliphatic rings. The third-order valence-electron chi connectivity index (χ3n) is 5.47. The Labute approximate surface area is 171 Å². The van der Waals surface area contributed by atoms with Crippen molar-refractivity contribution in [2.75, 3.05) is 5.32 Å². The van der Waals surface area contributed by atoms with Gasteiger partial charge in [0.2, 0.25) is 5.91 Å². The molecule has 0 fully saturated rings. The number of carboxylic acids is 1. The Balaban J connectivity index is 1.54. The largest absolute Gasteiger partial charge is 0.481 e. The fraction of sp³-hybridized carbons (Fsp3) is 0.381. The monoisotopic (exact) mass is 414 g/mol. The molecule has 2 atom stereocenters. The van der Waals surface area contributed by atoms with Gasteiger partial charge in [-0.15, -0.1) is 11.3 Å². The summed E-state index contributed by atoms with van der Waals surface area (Å²) < 4.78 is 5.26. The van der Waals surface area contributed by atoms with Crippen molar-refractivity contribution in [3.8, 4) is 0 Å². The second kappa shape index (κ2) is 8.24. The van der Waals surface area contributed by atoms with Crippen molar-refractivity contribution in [3.63, 3.8) is 0 Å². The summed E-state index contributed by atoms with van der Waals surface area (Å²) in [6.45, 7) is 0.262. The minimum absolute atomic E-state index is 0.255. The number of carboxylic acid groups (broad SMARTS) is 1. The molecule has 2 aromatic heterocycles. The number of hydrogen-bond donors (Lipinski definition) is 3.